The molecule has 3 unspecified atom stereocenters. The zero-order valence-electron chi connectivity index (χ0n) is 12.4. The molecule has 4 nitrogen and oxygen atoms in total. The molecule has 0 aromatic heterocycles. The van der Waals surface area contributed by atoms with Crippen LogP contribution in [-0.2, 0) is 4.74 Å². The molecule has 3 aliphatic heterocycles. The molecule has 3 heterocycles. The van der Waals surface area contributed by atoms with Crippen LogP contribution in [0.2, 0.25) is 0 Å². The summed E-state index contributed by atoms with van der Waals surface area (Å²) in [5.41, 5.74) is 1.17. The number of hydrogen-bond acceptors (Lipinski definition) is 5. The van der Waals surface area contributed by atoms with E-state index in [4.69, 9.17) is 9.94 Å². The van der Waals surface area contributed by atoms with Gasteiger partial charge in [-0.15, -0.1) is 0 Å². The van der Waals surface area contributed by atoms with Crippen LogP contribution in [0.3, 0.4) is 0 Å². The van der Waals surface area contributed by atoms with E-state index in [0.29, 0.717) is 12.0 Å². The second kappa shape index (κ2) is 6.24. The molecule has 3 rings (SSSR count). The van der Waals surface area contributed by atoms with Crippen LogP contribution < -0.4 is 0 Å². The van der Waals surface area contributed by atoms with Crippen LogP contribution >= 0.6 is 11.8 Å². The molecule has 3 saturated heterocycles. The zero-order valence-corrected chi connectivity index (χ0v) is 13.2. The van der Waals surface area contributed by atoms with Gasteiger partial charge in [-0.25, -0.2) is 0 Å². The fourth-order valence-electron chi connectivity index (χ4n) is 3.95. The third-order valence-corrected chi connectivity index (χ3v) is 6.48. The lowest BCUT2D eigenvalue weighted by Gasteiger charge is -2.45. The minimum Gasteiger partial charge on any atom is -0.411 e. The van der Waals surface area contributed by atoms with Gasteiger partial charge in [0, 0.05) is 43.8 Å². The van der Waals surface area contributed by atoms with Crippen LogP contribution in [0, 0.1) is 5.92 Å². The van der Waals surface area contributed by atoms with Crippen molar-refractivity contribution in [2.24, 2.45) is 11.1 Å². The molecule has 0 aromatic rings. The highest BCUT2D eigenvalue weighted by Crippen LogP contribution is 2.40. The normalized spacial score (nSPS) is 41.5. The summed E-state index contributed by atoms with van der Waals surface area (Å²) in [5, 5.41) is 12.6. The zero-order chi connectivity index (χ0) is 14.0. The van der Waals surface area contributed by atoms with Crippen molar-refractivity contribution in [2.45, 2.75) is 50.7 Å². The summed E-state index contributed by atoms with van der Waals surface area (Å²) < 4.78 is 6.13. The predicted octanol–water partition coefficient (Wildman–Crippen LogP) is 2.60. The molecule has 1 spiro atoms. The van der Waals surface area contributed by atoms with E-state index >= 15 is 0 Å². The van der Waals surface area contributed by atoms with Crippen LogP contribution in [0.5, 0.6) is 0 Å². The number of likely N-dealkylation sites (tertiary alicyclic amines) is 1. The lowest BCUT2D eigenvalue weighted by Crippen LogP contribution is -2.53. The number of hydrogen-bond donors (Lipinski definition) is 1. The Morgan fingerprint density at radius 1 is 1.55 bits per heavy atom. The molecule has 114 valence electrons. The number of nitrogens with zero attached hydrogens (tertiary/aromatic N) is 2. The minimum atomic E-state index is 0.167. The highest BCUT2D eigenvalue weighted by Gasteiger charge is 2.42. The summed E-state index contributed by atoms with van der Waals surface area (Å²) in [6.07, 6.45) is 5.58. The van der Waals surface area contributed by atoms with Crippen molar-refractivity contribution in [1.29, 1.82) is 0 Å². The Balaban J connectivity index is 1.64. The van der Waals surface area contributed by atoms with E-state index in [0.717, 1.165) is 44.7 Å². The maximum absolute atomic E-state index is 9.10. The van der Waals surface area contributed by atoms with Crippen molar-refractivity contribution in [3.63, 3.8) is 0 Å². The average molecular weight is 298 g/mol. The van der Waals surface area contributed by atoms with Crippen LogP contribution in [0.15, 0.2) is 5.16 Å². The van der Waals surface area contributed by atoms with Gasteiger partial charge >= 0.3 is 0 Å². The van der Waals surface area contributed by atoms with E-state index in [1.54, 1.807) is 0 Å². The lowest BCUT2D eigenvalue weighted by molar-refractivity contribution is -0.0911. The summed E-state index contributed by atoms with van der Waals surface area (Å²) >= 11 is 2.04. The van der Waals surface area contributed by atoms with Crippen LogP contribution in [0.25, 0.3) is 0 Å². The number of oxime groups is 1. The van der Waals surface area contributed by atoms with E-state index in [1.165, 1.54) is 24.3 Å². The fraction of sp³-hybridized carbons (Fsp3) is 0.933. The number of piperidine rings is 1. The van der Waals surface area contributed by atoms with E-state index in [9.17, 15) is 0 Å². The van der Waals surface area contributed by atoms with Crippen molar-refractivity contribution >= 4 is 17.5 Å². The van der Waals surface area contributed by atoms with E-state index < -0.39 is 0 Å². The van der Waals surface area contributed by atoms with Crippen molar-refractivity contribution < 1.29 is 9.94 Å². The van der Waals surface area contributed by atoms with Gasteiger partial charge in [-0.05, 0) is 31.4 Å². The Labute approximate surface area is 125 Å². The second-order valence-corrected chi connectivity index (χ2v) is 7.53. The summed E-state index contributed by atoms with van der Waals surface area (Å²) in [7, 11) is 0. The molecule has 0 aromatic carbocycles. The highest BCUT2D eigenvalue weighted by atomic mass is 32.2. The molecule has 3 aliphatic rings. The summed E-state index contributed by atoms with van der Waals surface area (Å²) in [4.78, 5) is 2.64. The first-order chi connectivity index (χ1) is 9.76. The number of ether oxygens (including phenoxy) is 1. The first-order valence-electron chi connectivity index (χ1n) is 7.93. The Morgan fingerprint density at radius 2 is 2.45 bits per heavy atom. The molecule has 5 heteroatoms. The van der Waals surface area contributed by atoms with Gasteiger partial charge in [-0.2, -0.15) is 11.8 Å². The van der Waals surface area contributed by atoms with Gasteiger partial charge in [0.1, 0.15) is 0 Å². The van der Waals surface area contributed by atoms with Gasteiger partial charge in [-0.3, -0.25) is 4.90 Å². The minimum absolute atomic E-state index is 0.167. The molecule has 0 amide bonds. The number of thioether (sulfide) groups is 1. The number of rotatable bonds is 2. The van der Waals surface area contributed by atoms with Crippen LogP contribution in [0.4, 0.5) is 0 Å². The molecule has 3 atom stereocenters. The smallest absolute Gasteiger partial charge is 0.0795 e. The molecular weight excluding hydrogens is 272 g/mol. The van der Waals surface area contributed by atoms with E-state index in [1.807, 2.05) is 11.8 Å². The third kappa shape index (κ3) is 2.85. The molecule has 3 fully saturated rings. The molecule has 1 N–H and O–H groups in total. The van der Waals surface area contributed by atoms with E-state index in [-0.39, 0.29) is 5.60 Å². The maximum atomic E-state index is 9.10. The lowest BCUT2D eigenvalue weighted by atomic mass is 9.86. The topological polar surface area (TPSA) is 45.1 Å². The molecule has 0 radical (unpaired) electrons. The first kappa shape index (κ1) is 14.7. The van der Waals surface area contributed by atoms with Gasteiger partial charge in [0.15, 0.2) is 0 Å². The van der Waals surface area contributed by atoms with Crippen LogP contribution in [-0.4, -0.2) is 58.7 Å². The standard InChI is InChI=1S/C15H26N2O2S/c1-2-12-10-17(6-3-14(12)16-18)13-4-7-19-15(9-13)5-8-20-11-15/h12-13,18H,2-11H2,1H3. The van der Waals surface area contributed by atoms with Crippen molar-refractivity contribution in [1.82, 2.24) is 4.90 Å². The first-order valence-corrected chi connectivity index (χ1v) is 9.08. The molecule has 0 saturated carbocycles. The SMILES string of the molecule is CCC1CN(C2CCOC3(CCSC3)C2)CCC1=NO. The summed E-state index contributed by atoms with van der Waals surface area (Å²) in [6.45, 7) is 5.21. The van der Waals surface area contributed by atoms with Gasteiger partial charge in [0.2, 0.25) is 0 Å². The van der Waals surface area contributed by atoms with Gasteiger partial charge in [0.25, 0.3) is 0 Å². The predicted molar refractivity (Wildman–Crippen MR) is 82.8 cm³/mol. The summed E-state index contributed by atoms with van der Waals surface area (Å²) in [5.74, 6) is 2.87. The highest BCUT2D eigenvalue weighted by molar-refractivity contribution is 7.99. The van der Waals surface area contributed by atoms with Crippen LogP contribution in [0.1, 0.15) is 39.0 Å². The third-order valence-electron chi connectivity index (χ3n) is 5.25. The average Bonchev–Trinajstić information content (AvgIpc) is 2.94. The molecule has 20 heavy (non-hydrogen) atoms. The Bertz CT molecular complexity index is 369. The monoisotopic (exact) mass is 298 g/mol. The summed E-state index contributed by atoms with van der Waals surface area (Å²) in [6, 6.07) is 0.664. The molecule has 0 bridgehead atoms. The largest absolute Gasteiger partial charge is 0.411 e. The van der Waals surface area contributed by atoms with Crippen molar-refractivity contribution in [2.75, 3.05) is 31.2 Å². The van der Waals surface area contributed by atoms with Gasteiger partial charge in [-0.1, -0.05) is 12.1 Å². The Hall–Kier alpha value is -0.260. The maximum Gasteiger partial charge on any atom is 0.0795 e. The fourth-order valence-corrected chi connectivity index (χ4v) is 5.33. The van der Waals surface area contributed by atoms with Crippen molar-refractivity contribution in [3.05, 3.63) is 0 Å². The Morgan fingerprint density at radius 3 is 3.15 bits per heavy atom. The molecule has 0 aliphatic carbocycles. The van der Waals surface area contributed by atoms with E-state index in [2.05, 4.69) is 17.0 Å². The molecular formula is C15H26N2O2S. The Kier molecular flexibility index (Phi) is 4.58. The van der Waals surface area contributed by atoms with Gasteiger partial charge < -0.3 is 9.94 Å². The second-order valence-electron chi connectivity index (χ2n) is 6.42. The van der Waals surface area contributed by atoms with Gasteiger partial charge in [0.05, 0.1) is 11.3 Å². The van der Waals surface area contributed by atoms with Crippen molar-refractivity contribution in [3.8, 4) is 0 Å². The quantitative estimate of drug-likeness (QED) is 0.629.